The van der Waals surface area contributed by atoms with Crippen LogP contribution in [0, 0.1) is 18.6 Å². The van der Waals surface area contributed by atoms with E-state index in [1.54, 1.807) is 6.92 Å². The van der Waals surface area contributed by atoms with Crippen LogP contribution in [0.15, 0.2) is 47.6 Å². The van der Waals surface area contributed by atoms with Gasteiger partial charge >= 0.3 is 59.1 Å². The third-order valence-corrected chi connectivity index (χ3v) is 4.76. The Morgan fingerprint density at radius 2 is 1.83 bits per heavy atom. The molecule has 4 aromatic rings. The monoisotopic (exact) mass is 450 g/mol. The molecule has 7 nitrogen and oxygen atoms in total. The summed E-state index contributed by atoms with van der Waals surface area (Å²) in [6, 6.07) is 7.40. The van der Waals surface area contributed by atoms with Crippen LogP contribution in [0.2, 0.25) is 0 Å². The number of hydrogen-bond acceptors (Lipinski definition) is 5. The molecule has 146 valence electrons. The molecule has 0 aliphatic heterocycles. The Hall–Kier alpha value is -1.24. The van der Waals surface area contributed by atoms with Crippen LogP contribution in [0.5, 0.6) is 5.88 Å². The van der Waals surface area contributed by atoms with Crippen LogP contribution in [0.25, 0.3) is 28.0 Å². The number of rotatable bonds is 3. The molecule has 0 saturated carbocycles. The number of aryl methyl sites for hydroxylation is 1. The topological polar surface area (TPSA) is 101 Å². The standard InChI is InChI=1S/C18H12F2N4O3S.2Na.2H/c1-9-17(12-4-3-11(19)6-13(12)20)18-22-14(7-16(25)24(18)23-9)10-2-5-15(21-8-10)28(26)27;;;;/h2-8,25H,1H3,(H,26,27);;;;. The van der Waals surface area contributed by atoms with Crippen molar-refractivity contribution >= 4 is 75.8 Å². The first-order valence-electron chi connectivity index (χ1n) is 7.97. The first-order valence-corrected chi connectivity index (χ1v) is 9.08. The zero-order valence-corrected chi connectivity index (χ0v) is 15.1. The van der Waals surface area contributed by atoms with Crippen molar-refractivity contribution < 1.29 is 22.6 Å². The molecule has 0 amide bonds. The Labute approximate surface area is 216 Å². The molecule has 4 rings (SSSR count). The molecule has 0 radical (unpaired) electrons. The number of aromatic nitrogens is 4. The summed E-state index contributed by atoms with van der Waals surface area (Å²) in [6.45, 7) is 1.62. The third kappa shape index (κ3) is 4.66. The molecule has 0 fully saturated rings. The van der Waals surface area contributed by atoms with Gasteiger partial charge in [-0.25, -0.2) is 23.0 Å². The Bertz CT molecular complexity index is 1250. The molecule has 3 heterocycles. The molecule has 0 aliphatic rings. The fourth-order valence-electron chi connectivity index (χ4n) is 2.90. The first kappa shape index (κ1) is 25.0. The van der Waals surface area contributed by atoms with Crippen molar-refractivity contribution in [3.8, 4) is 28.3 Å². The van der Waals surface area contributed by atoms with Gasteiger partial charge in [-0.3, -0.25) is 0 Å². The van der Waals surface area contributed by atoms with Crippen molar-refractivity contribution in [3.63, 3.8) is 0 Å². The molecule has 2 N–H and O–H groups in total. The van der Waals surface area contributed by atoms with Gasteiger partial charge in [0.1, 0.15) is 11.6 Å². The summed E-state index contributed by atoms with van der Waals surface area (Å²) in [5, 5.41) is 14.5. The second-order valence-electron chi connectivity index (χ2n) is 5.95. The van der Waals surface area contributed by atoms with Crippen molar-refractivity contribution in [3.05, 3.63) is 59.9 Å². The number of aromatic hydroxyl groups is 1. The van der Waals surface area contributed by atoms with Gasteiger partial charge in [0.2, 0.25) is 17.0 Å². The number of fused-ring (bicyclic) bond motifs is 1. The maximum atomic E-state index is 14.3. The normalized spacial score (nSPS) is 11.6. The molecule has 1 unspecified atom stereocenters. The maximum absolute atomic E-state index is 14.3. The molecule has 1 aromatic carbocycles. The van der Waals surface area contributed by atoms with E-state index in [1.165, 1.54) is 30.5 Å². The molecule has 30 heavy (non-hydrogen) atoms. The summed E-state index contributed by atoms with van der Waals surface area (Å²) < 4.78 is 48.9. The zero-order chi connectivity index (χ0) is 20.0. The van der Waals surface area contributed by atoms with E-state index >= 15 is 0 Å². The number of pyridine rings is 1. The molecule has 12 heteroatoms. The zero-order valence-electron chi connectivity index (χ0n) is 14.3. The van der Waals surface area contributed by atoms with Gasteiger partial charge in [0.15, 0.2) is 10.7 Å². The van der Waals surface area contributed by atoms with Crippen LogP contribution in [-0.2, 0) is 11.1 Å². The molecule has 1 atom stereocenters. The Morgan fingerprint density at radius 3 is 2.43 bits per heavy atom. The second kappa shape index (κ2) is 9.92. The fourth-order valence-corrected chi connectivity index (χ4v) is 3.23. The van der Waals surface area contributed by atoms with Crippen molar-refractivity contribution in [2.24, 2.45) is 0 Å². The van der Waals surface area contributed by atoms with Crippen LogP contribution in [-0.4, -0.2) is 92.6 Å². The summed E-state index contributed by atoms with van der Waals surface area (Å²) in [5.41, 5.74) is 1.76. The van der Waals surface area contributed by atoms with Crippen molar-refractivity contribution in [2.75, 3.05) is 0 Å². The minimum absolute atomic E-state index is 0. The minimum atomic E-state index is -2.22. The van der Waals surface area contributed by atoms with Gasteiger partial charge < -0.3 is 9.66 Å². The van der Waals surface area contributed by atoms with E-state index in [2.05, 4.69) is 15.1 Å². The first-order chi connectivity index (χ1) is 13.3. The van der Waals surface area contributed by atoms with E-state index in [4.69, 9.17) is 4.55 Å². The molecule has 0 saturated heterocycles. The van der Waals surface area contributed by atoms with E-state index in [0.29, 0.717) is 22.5 Å². The SMILES string of the molecule is Cc1nn2c(O)cc(-c3ccc(S(=O)O)nc3)nc2c1-c1ccc(F)cc1F.[NaH].[NaH]. The van der Waals surface area contributed by atoms with Crippen LogP contribution in [0.1, 0.15) is 5.69 Å². The quantitative estimate of drug-likeness (QED) is 0.366. The predicted molar refractivity (Wildman–Crippen MR) is 111 cm³/mol. The average molecular weight is 450 g/mol. The van der Waals surface area contributed by atoms with Gasteiger partial charge in [-0.2, -0.15) is 9.61 Å². The van der Waals surface area contributed by atoms with Crippen molar-refractivity contribution in [1.82, 2.24) is 19.6 Å². The van der Waals surface area contributed by atoms with E-state index in [1.807, 2.05) is 0 Å². The number of benzene rings is 1. The summed E-state index contributed by atoms with van der Waals surface area (Å²) >= 11 is -2.22. The third-order valence-electron chi connectivity index (χ3n) is 4.16. The van der Waals surface area contributed by atoms with Gasteiger partial charge in [-0.1, -0.05) is 0 Å². The van der Waals surface area contributed by atoms with Gasteiger partial charge in [0, 0.05) is 29.5 Å². The Balaban J connectivity index is 0.00000160. The average Bonchev–Trinajstić information content (AvgIpc) is 2.98. The summed E-state index contributed by atoms with van der Waals surface area (Å²) in [6.07, 6.45) is 1.34. The van der Waals surface area contributed by atoms with E-state index in [9.17, 15) is 18.1 Å². The molecule has 0 aliphatic carbocycles. The van der Waals surface area contributed by atoms with Crippen LogP contribution >= 0.6 is 0 Å². The predicted octanol–water partition coefficient (Wildman–Crippen LogP) is 2.03. The molecular formula is C18H14F2N4Na2O3S. The molecule has 0 bridgehead atoms. The Kier molecular flexibility index (Phi) is 8.28. The van der Waals surface area contributed by atoms with Gasteiger partial charge in [-0.15, -0.1) is 0 Å². The van der Waals surface area contributed by atoms with Crippen LogP contribution in [0.3, 0.4) is 0 Å². The summed E-state index contributed by atoms with van der Waals surface area (Å²) in [7, 11) is 0. The van der Waals surface area contributed by atoms with Crippen molar-refractivity contribution in [1.29, 1.82) is 0 Å². The number of nitrogens with zero attached hydrogens (tertiary/aromatic N) is 4. The number of hydrogen-bond donors (Lipinski definition) is 2. The van der Waals surface area contributed by atoms with Gasteiger partial charge in [-0.05, 0) is 31.2 Å². The van der Waals surface area contributed by atoms with E-state index < -0.39 is 22.7 Å². The summed E-state index contributed by atoms with van der Waals surface area (Å²) in [5.74, 6) is -1.73. The second-order valence-corrected chi connectivity index (χ2v) is 6.87. The van der Waals surface area contributed by atoms with Crippen LogP contribution in [0.4, 0.5) is 8.78 Å². The summed E-state index contributed by atoms with van der Waals surface area (Å²) in [4.78, 5) is 8.32. The van der Waals surface area contributed by atoms with Gasteiger partial charge in [0.25, 0.3) is 0 Å². The molecule has 0 spiro atoms. The van der Waals surface area contributed by atoms with E-state index in [0.717, 1.165) is 16.6 Å². The Morgan fingerprint density at radius 1 is 1.10 bits per heavy atom. The van der Waals surface area contributed by atoms with Gasteiger partial charge in [0.05, 0.1) is 17.0 Å². The van der Waals surface area contributed by atoms with E-state index in [-0.39, 0.29) is 81.2 Å². The molecular weight excluding hydrogens is 436 g/mol. The van der Waals surface area contributed by atoms with Crippen molar-refractivity contribution in [2.45, 2.75) is 11.9 Å². The molecule has 3 aromatic heterocycles. The van der Waals surface area contributed by atoms with Crippen LogP contribution < -0.4 is 0 Å². The fraction of sp³-hybridized carbons (Fsp3) is 0.0556. The number of halogens is 2.